The molecule has 0 spiro atoms. The minimum atomic E-state index is -3.16. The van der Waals surface area contributed by atoms with Gasteiger partial charge in [0.25, 0.3) is 0 Å². The number of hydrogen-bond donors (Lipinski definition) is 2. The van der Waals surface area contributed by atoms with Crippen molar-refractivity contribution in [1.29, 1.82) is 0 Å². The van der Waals surface area contributed by atoms with Gasteiger partial charge in [-0.3, -0.25) is 4.90 Å². The quantitative estimate of drug-likeness (QED) is 0.551. The third-order valence-corrected chi connectivity index (χ3v) is 4.37. The molecule has 1 aliphatic rings. The molecule has 0 aromatic carbocycles. The molecule has 0 atom stereocenters. The van der Waals surface area contributed by atoms with Crippen LogP contribution < -0.4 is 4.72 Å². The molecular formula is C11H24N2O4S. The van der Waals surface area contributed by atoms with Crippen molar-refractivity contribution >= 4 is 10.0 Å². The summed E-state index contributed by atoms with van der Waals surface area (Å²) in [4.78, 5) is 2.28. The predicted octanol–water partition coefficient (Wildman–Crippen LogP) is -0.599. The van der Waals surface area contributed by atoms with Crippen molar-refractivity contribution in [1.82, 2.24) is 9.62 Å². The molecule has 0 aliphatic carbocycles. The maximum absolute atomic E-state index is 11.5. The molecule has 1 aliphatic heterocycles. The zero-order chi connectivity index (χ0) is 13.3. The van der Waals surface area contributed by atoms with Crippen LogP contribution in [0.5, 0.6) is 0 Å². The van der Waals surface area contributed by atoms with Crippen LogP contribution in [0.3, 0.4) is 0 Å². The van der Waals surface area contributed by atoms with Crippen LogP contribution in [0.15, 0.2) is 0 Å². The molecule has 1 saturated heterocycles. The van der Waals surface area contributed by atoms with Crippen molar-refractivity contribution in [3.63, 3.8) is 0 Å². The zero-order valence-electron chi connectivity index (χ0n) is 10.8. The number of ether oxygens (including phenoxy) is 1. The summed E-state index contributed by atoms with van der Waals surface area (Å²) in [6, 6.07) is 0. The van der Waals surface area contributed by atoms with Gasteiger partial charge in [0.1, 0.15) is 0 Å². The Bertz CT molecular complexity index is 302. The summed E-state index contributed by atoms with van der Waals surface area (Å²) < 4.78 is 30.9. The predicted molar refractivity (Wildman–Crippen MR) is 70.0 cm³/mol. The summed E-state index contributed by atoms with van der Waals surface area (Å²) in [5.74, 6) is 0.102. The van der Waals surface area contributed by atoms with Gasteiger partial charge in [-0.15, -0.1) is 0 Å². The van der Waals surface area contributed by atoms with E-state index in [4.69, 9.17) is 9.84 Å². The highest BCUT2D eigenvalue weighted by molar-refractivity contribution is 7.89. The van der Waals surface area contributed by atoms with E-state index >= 15 is 0 Å². The molecule has 0 amide bonds. The van der Waals surface area contributed by atoms with E-state index in [9.17, 15) is 8.42 Å². The maximum atomic E-state index is 11.5. The van der Waals surface area contributed by atoms with Gasteiger partial charge in [-0.1, -0.05) is 0 Å². The molecule has 0 bridgehead atoms. The molecule has 7 heteroatoms. The van der Waals surface area contributed by atoms with Crippen LogP contribution in [0.2, 0.25) is 0 Å². The first-order valence-electron chi connectivity index (χ1n) is 6.52. The van der Waals surface area contributed by atoms with E-state index in [1.54, 1.807) is 0 Å². The second-order valence-corrected chi connectivity index (χ2v) is 6.38. The lowest BCUT2D eigenvalue weighted by molar-refractivity contribution is 0.0376. The Morgan fingerprint density at radius 3 is 2.56 bits per heavy atom. The first-order valence-corrected chi connectivity index (χ1v) is 8.17. The lowest BCUT2D eigenvalue weighted by Crippen LogP contribution is -2.38. The lowest BCUT2D eigenvalue weighted by atomic mass is 10.3. The van der Waals surface area contributed by atoms with E-state index in [1.807, 2.05) is 0 Å². The van der Waals surface area contributed by atoms with Gasteiger partial charge in [-0.25, -0.2) is 13.1 Å². The SMILES string of the molecule is O=S(=O)(CCCCO)NCCCN1CCOCC1. The van der Waals surface area contributed by atoms with Crippen LogP contribution in [0.25, 0.3) is 0 Å². The molecule has 108 valence electrons. The number of sulfonamides is 1. The summed E-state index contributed by atoms with van der Waals surface area (Å²) in [6.45, 7) is 4.85. The maximum Gasteiger partial charge on any atom is 0.211 e. The van der Waals surface area contributed by atoms with Crippen molar-refractivity contribution < 1.29 is 18.3 Å². The van der Waals surface area contributed by atoms with Crippen molar-refractivity contribution in [2.24, 2.45) is 0 Å². The summed E-state index contributed by atoms with van der Waals surface area (Å²) in [5.41, 5.74) is 0. The van der Waals surface area contributed by atoms with Crippen molar-refractivity contribution in [3.8, 4) is 0 Å². The smallest absolute Gasteiger partial charge is 0.211 e. The average Bonchev–Trinajstić information content (AvgIpc) is 2.36. The van der Waals surface area contributed by atoms with Crippen molar-refractivity contribution in [3.05, 3.63) is 0 Å². The Balaban J connectivity index is 2.05. The Labute approximate surface area is 109 Å². The van der Waals surface area contributed by atoms with Crippen LogP contribution in [0, 0.1) is 0 Å². The standard InChI is InChI=1S/C11H24N2O4S/c14-8-1-2-11-18(15,16)12-4-3-5-13-6-9-17-10-7-13/h12,14H,1-11H2. The van der Waals surface area contributed by atoms with Gasteiger partial charge < -0.3 is 9.84 Å². The molecule has 2 N–H and O–H groups in total. The molecule has 1 heterocycles. The third kappa shape index (κ3) is 7.27. The molecule has 0 aromatic heterocycles. The minimum Gasteiger partial charge on any atom is -0.396 e. The number of morpholine rings is 1. The van der Waals surface area contributed by atoms with Gasteiger partial charge >= 0.3 is 0 Å². The molecular weight excluding hydrogens is 256 g/mol. The zero-order valence-corrected chi connectivity index (χ0v) is 11.6. The van der Waals surface area contributed by atoms with E-state index < -0.39 is 10.0 Å². The highest BCUT2D eigenvalue weighted by atomic mass is 32.2. The monoisotopic (exact) mass is 280 g/mol. The summed E-state index contributed by atoms with van der Waals surface area (Å²) in [6.07, 6.45) is 1.86. The minimum absolute atomic E-state index is 0.0482. The molecule has 0 unspecified atom stereocenters. The van der Waals surface area contributed by atoms with Gasteiger partial charge in [0, 0.05) is 26.2 Å². The lowest BCUT2D eigenvalue weighted by Gasteiger charge is -2.26. The van der Waals surface area contributed by atoms with Crippen LogP contribution >= 0.6 is 0 Å². The topological polar surface area (TPSA) is 78.9 Å². The average molecular weight is 280 g/mol. The molecule has 0 saturated carbocycles. The first-order chi connectivity index (χ1) is 8.64. The Morgan fingerprint density at radius 2 is 1.89 bits per heavy atom. The van der Waals surface area contributed by atoms with Gasteiger partial charge in [0.05, 0.1) is 19.0 Å². The number of hydrogen-bond acceptors (Lipinski definition) is 5. The Hall–Kier alpha value is -0.210. The Kier molecular flexibility index (Phi) is 7.76. The fourth-order valence-electron chi connectivity index (χ4n) is 1.83. The van der Waals surface area contributed by atoms with E-state index in [-0.39, 0.29) is 12.4 Å². The highest BCUT2D eigenvalue weighted by Crippen LogP contribution is 1.98. The van der Waals surface area contributed by atoms with E-state index in [0.29, 0.717) is 19.4 Å². The second-order valence-electron chi connectivity index (χ2n) is 4.45. The molecule has 1 fully saturated rings. The molecule has 1 rings (SSSR count). The van der Waals surface area contributed by atoms with Gasteiger partial charge in [-0.05, 0) is 25.8 Å². The largest absolute Gasteiger partial charge is 0.396 e. The fourth-order valence-corrected chi connectivity index (χ4v) is 3.02. The highest BCUT2D eigenvalue weighted by Gasteiger charge is 2.11. The van der Waals surface area contributed by atoms with Crippen LogP contribution in [-0.2, 0) is 14.8 Å². The Morgan fingerprint density at radius 1 is 1.17 bits per heavy atom. The number of unbranched alkanes of at least 4 members (excludes halogenated alkanes) is 1. The number of aliphatic hydroxyl groups excluding tert-OH is 1. The molecule has 18 heavy (non-hydrogen) atoms. The van der Waals surface area contributed by atoms with E-state index in [0.717, 1.165) is 39.3 Å². The van der Waals surface area contributed by atoms with Gasteiger partial charge in [0.2, 0.25) is 10.0 Å². The molecule has 0 radical (unpaired) electrons. The summed E-state index contributed by atoms with van der Waals surface area (Å²) in [5, 5.41) is 8.59. The number of nitrogens with one attached hydrogen (secondary N) is 1. The van der Waals surface area contributed by atoms with Gasteiger partial charge in [0.15, 0.2) is 0 Å². The summed E-state index contributed by atoms with van der Waals surface area (Å²) in [7, 11) is -3.16. The van der Waals surface area contributed by atoms with Crippen molar-refractivity contribution in [2.75, 3.05) is 51.8 Å². The third-order valence-electron chi connectivity index (χ3n) is 2.90. The van der Waals surface area contributed by atoms with Crippen molar-refractivity contribution in [2.45, 2.75) is 19.3 Å². The first kappa shape index (κ1) is 15.8. The van der Waals surface area contributed by atoms with Gasteiger partial charge in [-0.2, -0.15) is 0 Å². The molecule has 0 aromatic rings. The van der Waals surface area contributed by atoms with Crippen LogP contribution in [0.4, 0.5) is 0 Å². The molecule has 6 nitrogen and oxygen atoms in total. The van der Waals surface area contributed by atoms with E-state index in [1.165, 1.54) is 0 Å². The number of rotatable bonds is 9. The van der Waals surface area contributed by atoms with Crippen LogP contribution in [-0.4, -0.2) is 70.2 Å². The second kappa shape index (κ2) is 8.82. The fraction of sp³-hybridized carbons (Fsp3) is 1.00. The number of nitrogens with zero attached hydrogens (tertiary/aromatic N) is 1. The van der Waals surface area contributed by atoms with E-state index in [2.05, 4.69) is 9.62 Å². The number of aliphatic hydroxyl groups is 1. The van der Waals surface area contributed by atoms with Crippen LogP contribution in [0.1, 0.15) is 19.3 Å². The normalized spacial score (nSPS) is 18.1. The summed E-state index contributed by atoms with van der Waals surface area (Å²) >= 11 is 0.